The number of hydrogen-bond acceptors (Lipinski definition) is 9. The lowest BCUT2D eigenvalue weighted by atomic mass is 10.1. The van der Waals surface area contributed by atoms with Gasteiger partial charge in [0.25, 0.3) is 11.8 Å². The number of thioether (sulfide) groups is 1. The lowest BCUT2D eigenvalue weighted by molar-refractivity contribution is 0.0664. The molecule has 202 valence electrons. The van der Waals surface area contributed by atoms with Gasteiger partial charge in [0.05, 0.1) is 5.69 Å². The predicted molar refractivity (Wildman–Crippen MR) is 160 cm³/mol. The summed E-state index contributed by atoms with van der Waals surface area (Å²) in [5.74, 6) is 1.78. The SMILES string of the molecule is CN1CCN(C(=O)c2ccc(-c3noc(-c4ccc(-n5nc(SCc6ccccc6)sc5=S)cc4)n3)cc2)CC1. The lowest BCUT2D eigenvalue weighted by Gasteiger charge is -2.32. The van der Waals surface area contributed by atoms with Crippen LogP contribution >= 0.6 is 35.3 Å². The minimum Gasteiger partial charge on any atom is -0.336 e. The van der Waals surface area contributed by atoms with Gasteiger partial charge in [-0.15, -0.1) is 5.10 Å². The van der Waals surface area contributed by atoms with Crippen molar-refractivity contribution in [3.63, 3.8) is 0 Å². The van der Waals surface area contributed by atoms with Crippen molar-refractivity contribution in [1.29, 1.82) is 0 Å². The highest BCUT2D eigenvalue weighted by Crippen LogP contribution is 2.28. The minimum atomic E-state index is 0.0515. The monoisotopic (exact) mass is 586 g/mol. The molecule has 0 N–H and O–H groups in total. The maximum Gasteiger partial charge on any atom is 0.258 e. The second-order valence-corrected chi connectivity index (χ2v) is 12.3. The van der Waals surface area contributed by atoms with Gasteiger partial charge in [-0.05, 0) is 61.2 Å². The third kappa shape index (κ3) is 5.92. The van der Waals surface area contributed by atoms with Crippen molar-refractivity contribution < 1.29 is 9.32 Å². The van der Waals surface area contributed by atoms with Gasteiger partial charge in [0.1, 0.15) is 0 Å². The number of carbonyl (C=O) groups is 1. The summed E-state index contributed by atoms with van der Waals surface area (Å²) in [6.45, 7) is 3.27. The first-order valence-electron chi connectivity index (χ1n) is 12.8. The Hall–Kier alpha value is -3.64. The zero-order chi connectivity index (χ0) is 27.5. The summed E-state index contributed by atoms with van der Waals surface area (Å²) in [4.78, 5) is 21.5. The van der Waals surface area contributed by atoms with Gasteiger partial charge >= 0.3 is 0 Å². The molecule has 0 bridgehead atoms. The fourth-order valence-electron chi connectivity index (χ4n) is 4.36. The van der Waals surface area contributed by atoms with Gasteiger partial charge in [-0.25, -0.2) is 4.68 Å². The number of rotatable bonds is 7. The Kier molecular flexibility index (Phi) is 7.87. The summed E-state index contributed by atoms with van der Waals surface area (Å²) >= 11 is 8.76. The zero-order valence-corrected chi connectivity index (χ0v) is 24.2. The number of nitrogens with zero attached hydrogens (tertiary/aromatic N) is 6. The number of hydrogen-bond donors (Lipinski definition) is 0. The van der Waals surface area contributed by atoms with Crippen molar-refractivity contribution in [2.45, 2.75) is 10.1 Å². The van der Waals surface area contributed by atoms with E-state index in [2.05, 4.69) is 34.2 Å². The molecule has 1 aliphatic heterocycles. The highest BCUT2D eigenvalue weighted by atomic mass is 32.2. The van der Waals surface area contributed by atoms with Gasteiger partial charge in [-0.1, -0.05) is 70.7 Å². The number of amides is 1. The van der Waals surface area contributed by atoms with Crippen LogP contribution in [0.2, 0.25) is 0 Å². The van der Waals surface area contributed by atoms with E-state index >= 15 is 0 Å². The molecule has 0 unspecified atom stereocenters. The zero-order valence-electron chi connectivity index (χ0n) is 21.8. The topological polar surface area (TPSA) is 80.3 Å². The molecule has 8 nitrogen and oxygen atoms in total. The van der Waals surface area contributed by atoms with Gasteiger partial charge in [0, 0.05) is 48.6 Å². The molecule has 1 fully saturated rings. The third-order valence-electron chi connectivity index (χ3n) is 6.70. The van der Waals surface area contributed by atoms with Crippen molar-refractivity contribution in [2.75, 3.05) is 33.2 Å². The predicted octanol–water partition coefficient (Wildman–Crippen LogP) is 6.06. The van der Waals surface area contributed by atoms with Gasteiger partial charge < -0.3 is 14.3 Å². The Balaban J connectivity index is 1.12. The van der Waals surface area contributed by atoms with E-state index in [4.69, 9.17) is 21.8 Å². The Morgan fingerprint density at radius 2 is 1.65 bits per heavy atom. The summed E-state index contributed by atoms with van der Waals surface area (Å²) in [5.41, 5.74) is 4.37. The molecule has 2 aromatic heterocycles. The van der Waals surface area contributed by atoms with E-state index in [1.54, 1.807) is 16.4 Å². The highest BCUT2D eigenvalue weighted by molar-refractivity contribution is 8.00. The average Bonchev–Trinajstić information content (AvgIpc) is 3.64. The van der Waals surface area contributed by atoms with E-state index in [0.717, 1.165) is 53.1 Å². The summed E-state index contributed by atoms with van der Waals surface area (Å²) < 4.78 is 8.95. The third-order valence-corrected chi connectivity index (χ3v) is 9.14. The fourth-order valence-corrected chi connectivity index (χ4v) is 6.68. The van der Waals surface area contributed by atoms with E-state index in [0.29, 0.717) is 21.2 Å². The molecule has 1 saturated heterocycles. The fraction of sp³-hybridized carbons (Fsp3) is 0.207. The van der Waals surface area contributed by atoms with E-state index in [1.165, 1.54) is 16.9 Å². The number of piperazine rings is 1. The van der Waals surface area contributed by atoms with Crippen LogP contribution < -0.4 is 0 Å². The van der Waals surface area contributed by atoms with Crippen molar-refractivity contribution in [1.82, 2.24) is 29.7 Å². The molecule has 0 aliphatic carbocycles. The molecule has 3 heterocycles. The standard InChI is InChI=1S/C29H26N6O2S3/c1-33-15-17-34(18-16-33)27(36)23-9-7-21(8-10-23)25-30-26(37-32-25)22-11-13-24(14-12-22)35-29(38)40-28(31-35)39-19-20-5-3-2-4-6-20/h2-14H,15-19H2,1H3. The summed E-state index contributed by atoms with van der Waals surface area (Å²) in [5, 5.41) is 8.86. The van der Waals surface area contributed by atoms with Crippen molar-refractivity contribution in [3.8, 4) is 28.5 Å². The van der Waals surface area contributed by atoms with Crippen molar-refractivity contribution in [2.24, 2.45) is 0 Å². The molecule has 5 aromatic rings. The van der Waals surface area contributed by atoms with Crippen molar-refractivity contribution >= 4 is 41.2 Å². The maximum absolute atomic E-state index is 12.8. The molecule has 0 atom stereocenters. The van der Waals surface area contributed by atoms with Crippen LogP contribution in [0.4, 0.5) is 0 Å². The van der Waals surface area contributed by atoms with Gasteiger partial charge in [0.15, 0.2) is 8.29 Å². The summed E-state index contributed by atoms with van der Waals surface area (Å²) in [6.07, 6.45) is 0. The van der Waals surface area contributed by atoms with Crippen LogP contribution in [-0.2, 0) is 5.75 Å². The van der Waals surface area contributed by atoms with E-state index < -0.39 is 0 Å². The Morgan fingerprint density at radius 3 is 2.38 bits per heavy atom. The molecule has 1 amide bonds. The van der Waals surface area contributed by atoms with Crippen LogP contribution in [0.25, 0.3) is 28.5 Å². The second-order valence-electron chi connectivity index (χ2n) is 9.46. The largest absolute Gasteiger partial charge is 0.336 e. The van der Waals surface area contributed by atoms with E-state index in [9.17, 15) is 4.79 Å². The van der Waals surface area contributed by atoms with Crippen LogP contribution in [0, 0.1) is 3.95 Å². The minimum absolute atomic E-state index is 0.0515. The van der Waals surface area contributed by atoms with Crippen LogP contribution in [-0.4, -0.2) is 68.9 Å². The first-order chi connectivity index (χ1) is 19.5. The molecule has 0 radical (unpaired) electrons. The molecule has 6 rings (SSSR count). The van der Waals surface area contributed by atoms with Crippen LogP contribution in [0.1, 0.15) is 15.9 Å². The normalized spacial score (nSPS) is 14.0. The number of likely N-dealkylation sites (N-methyl/N-ethyl adjacent to an activating group) is 1. The van der Waals surface area contributed by atoms with Crippen LogP contribution in [0.5, 0.6) is 0 Å². The van der Waals surface area contributed by atoms with Crippen LogP contribution in [0.15, 0.2) is 87.7 Å². The quantitative estimate of drug-likeness (QED) is 0.168. The molecule has 40 heavy (non-hydrogen) atoms. The summed E-state index contributed by atoms with van der Waals surface area (Å²) in [6, 6.07) is 25.4. The Morgan fingerprint density at radius 1 is 0.950 bits per heavy atom. The number of benzene rings is 3. The number of carbonyl (C=O) groups excluding carboxylic acids is 1. The van der Waals surface area contributed by atoms with Gasteiger partial charge in [0.2, 0.25) is 5.82 Å². The molecule has 0 spiro atoms. The average molecular weight is 587 g/mol. The van der Waals surface area contributed by atoms with Gasteiger partial charge in [-0.2, -0.15) is 4.98 Å². The summed E-state index contributed by atoms with van der Waals surface area (Å²) in [7, 11) is 2.07. The van der Waals surface area contributed by atoms with Gasteiger partial charge in [-0.3, -0.25) is 4.79 Å². The first-order valence-corrected chi connectivity index (χ1v) is 15.0. The molecule has 3 aromatic carbocycles. The maximum atomic E-state index is 12.8. The highest BCUT2D eigenvalue weighted by Gasteiger charge is 2.20. The van der Waals surface area contributed by atoms with E-state index in [1.807, 2.05) is 71.6 Å². The van der Waals surface area contributed by atoms with E-state index in [-0.39, 0.29) is 5.91 Å². The smallest absolute Gasteiger partial charge is 0.258 e. The Bertz CT molecular complexity index is 1650. The number of aromatic nitrogens is 4. The molecule has 0 saturated carbocycles. The molecule has 1 aliphatic rings. The van der Waals surface area contributed by atoms with Crippen molar-refractivity contribution in [3.05, 3.63) is 93.9 Å². The van der Waals surface area contributed by atoms with Crippen LogP contribution in [0.3, 0.4) is 0 Å². The second kappa shape index (κ2) is 11.8. The Labute approximate surface area is 245 Å². The molecular weight excluding hydrogens is 561 g/mol. The first kappa shape index (κ1) is 26.6. The molecular formula is C29H26N6O2S3. The molecule has 11 heteroatoms. The lowest BCUT2D eigenvalue weighted by Crippen LogP contribution is -2.47.